The standard InChI is InChI=1S/C82H153NO13/c1-3-5-7-9-11-13-15-17-19-21-23-25-27-28-29-30-31-32-33-34-35-36-37-38-39-40-41-42-44-46-48-50-52-54-56-58-60-62-64-66-74(87)83-70(69-93-81-79(92)77(90)80(73(68-85)95-81)96-82-78(91)76(89)75(88)72(67-84)94-82)71(86)65-63-61-59-57-55-53-51-49-47-45-43-26-24-22-20-18-16-14-12-10-8-6-4-2/h5,7,11,13,17,19,23,25,70-73,75-82,84-86,88-92H,3-4,6,8-10,12,14-16,18,20-22,24,26-69H2,1-2H3,(H,83,87)/b7-5-,13-11-,19-17-,25-23-. The zero-order valence-corrected chi connectivity index (χ0v) is 61.9. The monoisotopic (exact) mass is 1360 g/mol. The largest absolute Gasteiger partial charge is 0.394 e. The molecule has 0 saturated carbocycles. The Morgan fingerprint density at radius 1 is 0.385 bits per heavy atom. The minimum Gasteiger partial charge on any atom is -0.394 e. The summed E-state index contributed by atoms with van der Waals surface area (Å²) >= 11 is 0. The highest BCUT2D eigenvalue weighted by atomic mass is 16.7. The molecule has 1 amide bonds. The van der Waals surface area contributed by atoms with E-state index in [0.29, 0.717) is 12.8 Å². The molecule has 2 rings (SSSR count). The van der Waals surface area contributed by atoms with Crippen molar-refractivity contribution < 1.29 is 64.6 Å². The number of carbonyl (C=O) groups is 1. The summed E-state index contributed by atoms with van der Waals surface area (Å²) < 4.78 is 23.0. The molecule has 2 fully saturated rings. The third-order valence-corrected chi connectivity index (χ3v) is 20.1. The van der Waals surface area contributed by atoms with Gasteiger partial charge in [0, 0.05) is 6.42 Å². The SMILES string of the molecule is CC/C=C\C/C=C\C/C=C\C/C=C\CCCCCCCCCCCCCCCCCCCCCCCCCCCCC(=O)NC(COC1OC(CO)C(OC2OC(CO)C(O)C(O)C2O)C(O)C1O)C(O)CCCCCCCCCCCCCCCCCCCCCCCCC. The van der Waals surface area contributed by atoms with Gasteiger partial charge in [-0.2, -0.15) is 0 Å². The third kappa shape index (κ3) is 48.7. The lowest BCUT2D eigenvalue weighted by Gasteiger charge is -2.46. The first-order valence-electron chi connectivity index (χ1n) is 40.9. The van der Waals surface area contributed by atoms with Crippen molar-refractivity contribution in [3.05, 3.63) is 48.6 Å². The molecule has 0 aromatic heterocycles. The molecule has 0 aliphatic carbocycles. The van der Waals surface area contributed by atoms with E-state index in [1.807, 2.05) is 0 Å². The second-order valence-electron chi connectivity index (χ2n) is 28.9. The average molecular weight is 1360 g/mol. The number of nitrogens with one attached hydrogen (secondary N) is 1. The number of aliphatic hydroxyl groups excluding tert-OH is 8. The number of aliphatic hydroxyl groups is 8. The number of hydrogen-bond donors (Lipinski definition) is 9. The lowest BCUT2D eigenvalue weighted by molar-refractivity contribution is -0.359. The highest BCUT2D eigenvalue weighted by Gasteiger charge is 2.51. The van der Waals surface area contributed by atoms with Crippen molar-refractivity contribution in [2.75, 3.05) is 19.8 Å². The van der Waals surface area contributed by atoms with Crippen molar-refractivity contribution in [1.82, 2.24) is 5.32 Å². The van der Waals surface area contributed by atoms with E-state index in [0.717, 1.165) is 77.0 Å². The average Bonchev–Trinajstić information content (AvgIpc) is 0.806. The van der Waals surface area contributed by atoms with Gasteiger partial charge in [0.1, 0.15) is 48.8 Å². The van der Waals surface area contributed by atoms with E-state index in [4.69, 9.17) is 18.9 Å². The fourth-order valence-corrected chi connectivity index (χ4v) is 13.6. The van der Waals surface area contributed by atoms with Gasteiger partial charge in [0.25, 0.3) is 0 Å². The van der Waals surface area contributed by atoms with Gasteiger partial charge in [0.15, 0.2) is 12.6 Å². The first kappa shape index (κ1) is 90.0. The van der Waals surface area contributed by atoms with Crippen LogP contribution in [0.4, 0.5) is 0 Å². The summed E-state index contributed by atoms with van der Waals surface area (Å²) in [6, 6.07) is -0.828. The predicted octanol–water partition coefficient (Wildman–Crippen LogP) is 18.6. The fraction of sp³-hybridized carbons (Fsp3) is 0.890. The number of ether oxygens (including phenoxy) is 4. The normalized spacial score (nSPS) is 22.4. The van der Waals surface area contributed by atoms with Crippen molar-refractivity contribution in [2.24, 2.45) is 0 Å². The first-order chi connectivity index (χ1) is 47.1. The molecule has 0 spiro atoms. The minimum atomic E-state index is -1.78. The Bertz CT molecular complexity index is 1800. The molecule has 2 saturated heterocycles. The maximum absolute atomic E-state index is 13.4. The maximum atomic E-state index is 13.4. The number of unbranched alkanes of at least 4 members (excludes halogenated alkanes) is 48. The molecule has 14 nitrogen and oxygen atoms in total. The van der Waals surface area contributed by atoms with E-state index in [1.54, 1.807) is 0 Å². The van der Waals surface area contributed by atoms with Crippen molar-refractivity contribution in [3.63, 3.8) is 0 Å². The zero-order chi connectivity index (χ0) is 69.4. The molecule has 9 N–H and O–H groups in total. The fourth-order valence-electron chi connectivity index (χ4n) is 13.6. The number of hydrogen-bond acceptors (Lipinski definition) is 13. The number of rotatable bonds is 69. The Balaban J connectivity index is 1.56. The molecule has 0 aromatic rings. The van der Waals surface area contributed by atoms with Gasteiger partial charge in [0.05, 0.1) is 32.0 Å². The molecule has 12 atom stereocenters. The Hall–Kier alpha value is -2.05. The second-order valence-corrected chi connectivity index (χ2v) is 28.9. The number of allylic oxidation sites excluding steroid dienone is 8. The van der Waals surface area contributed by atoms with Crippen molar-refractivity contribution in [2.45, 2.75) is 447 Å². The van der Waals surface area contributed by atoms with Crippen LogP contribution in [0.2, 0.25) is 0 Å². The van der Waals surface area contributed by atoms with Crippen LogP contribution in [0.1, 0.15) is 373 Å². The van der Waals surface area contributed by atoms with Gasteiger partial charge in [-0.1, -0.05) is 364 Å². The summed E-state index contributed by atoms with van der Waals surface area (Å²) in [5.74, 6) is -0.198. The van der Waals surface area contributed by atoms with Crippen LogP contribution in [-0.4, -0.2) is 140 Å². The van der Waals surface area contributed by atoms with Crippen molar-refractivity contribution in [1.29, 1.82) is 0 Å². The highest BCUT2D eigenvalue weighted by Crippen LogP contribution is 2.30. The highest BCUT2D eigenvalue weighted by molar-refractivity contribution is 5.76. The molecular weight excluding hydrogens is 1210 g/mol. The molecular formula is C82H153NO13. The Morgan fingerprint density at radius 3 is 1.10 bits per heavy atom. The molecule has 0 aromatic carbocycles. The van der Waals surface area contributed by atoms with Crippen molar-refractivity contribution in [3.8, 4) is 0 Å². The van der Waals surface area contributed by atoms with Gasteiger partial charge >= 0.3 is 0 Å². The Morgan fingerprint density at radius 2 is 0.719 bits per heavy atom. The quantitative estimate of drug-likeness (QED) is 0.0204. The van der Waals surface area contributed by atoms with Gasteiger partial charge in [-0.25, -0.2) is 0 Å². The Kier molecular flexibility index (Phi) is 62.1. The van der Waals surface area contributed by atoms with Crippen LogP contribution < -0.4 is 5.32 Å². The van der Waals surface area contributed by atoms with Gasteiger partial charge in [-0.05, 0) is 51.4 Å². The van der Waals surface area contributed by atoms with E-state index in [1.165, 1.54) is 270 Å². The second kappa shape index (κ2) is 66.2. The summed E-state index contributed by atoms with van der Waals surface area (Å²) in [7, 11) is 0. The van der Waals surface area contributed by atoms with Crippen LogP contribution in [0.5, 0.6) is 0 Å². The zero-order valence-electron chi connectivity index (χ0n) is 61.9. The van der Waals surface area contributed by atoms with Gasteiger partial charge in [0.2, 0.25) is 5.91 Å². The summed E-state index contributed by atoms with van der Waals surface area (Å²) in [6.07, 6.45) is 71.6. The predicted molar refractivity (Wildman–Crippen MR) is 397 cm³/mol. The minimum absolute atomic E-state index is 0.198. The van der Waals surface area contributed by atoms with Crippen LogP contribution >= 0.6 is 0 Å². The summed E-state index contributed by atoms with van der Waals surface area (Å²) in [4.78, 5) is 13.4. The van der Waals surface area contributed by atoms with E-state index in [9.17, 15) is 45.6 Å². The van der Waals surface area contributed by atoms with Crippen LogP contribution in [0.25, 0.3) is 0 Å². The van der Waals surface area contributed by atoms with E-state index >= 15 is 0 Å². The topological polar surface area (TPSA) is 228 Å². The Labute approximate surface area is 588 Å². The third-order valence-electron chi connectivity index (χ3n) is 20.1. The molecule has 2 aliphatic heterocycles. The van der Waals surface area contributed by atoms with E-state index in [-0.39, 0.29) is 12.5 Å². The molecule has 2 heterocycles. The maximum Gasteiger partial charge on any atom is 0.220 e. The molecule has 96 heavy (non-hydrogen) atoms. The van der Waals surface area contributed by atoms with Gasteiger partial charge in [-0.3, -0.25) is 4.79 Å². The molecule has 14 heteroatoms. The van der Waals surface area contributed by atoms with Crippen LogP contribution in [0, 0.1) is 0 Å². The van der Waals surface area contributed by atoms with Gasteiger partial charge in [-0.15, -0.1) is 0 Å². The summed E-state index contributed by atoms with van der Waals surface area (Å²) in [5, 5.41) is 87.9. The molecule has 0 radical (unpaired) electrons. The van der Waals surface area contributed by atoms with Crippen LogP contribution in [0.3, 0.4) is 0 Å². The lowest BCUT2D eigenvalue weighted by Crippen LogP contribution is -2.65. The lowest BCUT2D eigenvalue weighted by atomic mass is 9.97. The van der Waals surface area contributed by atoms with Gasteiger partial charge < -0.3 is 65.1 Å². The van der Waals surface area contributed by atoms with Crippen molar-refractivity contribution >= 4 is 5.91 Å². The molecule has 12 unspecified atom stereocenters. The number of carbonyl (C=O) groups excluding carboxylic acids is 1. The van der Waals surface area contributed by atoms with Crippen LogP contribution in [-0.2, 0) is 23.7 Å². The first-order valence-corrected chi connectivity index (χ1v) is 40.9. The molecule has 564 valence electrons. The molecule has 0 bridgehead atoms. The van der Waals surface area contributed by atoms with E-state index < -0.39 is 86.8 Å². The molecule has 2 aliphatic rings. The smallest absolute Gasteiger partial charge is 0.220 e. The summed E-state index contributed by atoms with van der Waals surface area (Å²) in [6.45, 7) is 2.81. The summed E-state index contributed by atoms with van der Waals surface area (Å²) in [5.41, 5.74) is 0. The number of amides is 1. The van der Waals surface area contributed by atoms with Crippen LogP contribution in [0.15, 0.2) is 48.6 Å². The van der Waals surface area contributed by atoms with E-state index in [2.05, 4.69) is 67.8 Å².